The summed E-state index contributed by atoms with van der Waals surface area (Å²) in [7, 11) is 0. The second kappa shape index (κ2) is 5.52. The third-order valence-corrected chi connectivity index (χ3v) is 5.25. The Kier molecular flexibility index (Phi) is 3.74. The van der Waals surface area contributed by atoms with Crippen molar-refractivity contribution < 1.29 is 0 Å². The van der Waals surface area contributed by atoms with Gasteiger partial charge in [0.1, 0.15) is 12.1 Å². The van der Waals surface area contributed by atoms with E-state index in [2.05, 4.69) is 46.6 Å². The minimum absolute atomic E-state index is 0.126. The highest BCUT2D eigenvalue weighted by molar-refractivity contribution is 7.10. The molecule has 3 nitrogen and oxygen atoms in total. The molecule has 0 bridgehead atoms. The van der Waals surface area contributed by atoms with E-state index in [-0.39, 0.29) is 5.41 Å². The Morgan fingerprint density at radius 1 is 1.25 bits per heavy atom. The minimum atomic E-state index is 0.126. The SMILES string of the molecule is CC(C)(CNc1ncnc2c1CCCC2)c1cccs1. The Morgan fingerprint density at radius 2 is 2.10 bits per heavy atom. The van der Waals surface area contributed by atoms with Crippen molar-refractivity contribution in [2.45, 2.75) is 44.9 Å². The van der Waals surface area contributed by atoms with Crippen molar-refractivity contribution in [1.82, 2.24) is 9.97 Å². The van der Waals surface area contributed by atoms with Crippen LogP contribution in [0.2, 0.25) is 0 Å². The van der Waals surface area contributed by atoms with Crippen LogP contribution in [0.15, 0.2) is 23.8 Å². The molecular weight excluding hydrogens is 266 g/mol. The monoisotopic (exact) mass is 287 g/mol. The molecule has 2 heterocycles. The van der Waals surface area contributed by atoms with Crippen LogP contribution >= 0.6 is 11.3 Å². The zero-order valence-electron chi connectivity index (χ0n) is 12.1. The van der Waals surface area contributed by atoms with Gasteiger partial charge in [0.05, 0.1) is 0 Å². The first-order valence-corrected chi connectivity index (χ1v) is 8.15. The normalized spacial score (nSPS) is 14.9. The van der Waals surface area contributed by atoms with E-state index in [0.717, 1.165) is 25.2 Å². The Labute approximate surface area is 124 Å². The number of hydrogen-bond acceptors (Lipinski definition) is 4. The maximum atomic E-state index is 4.46. The zero-order valence-corrected chi connectivity index (χ0v) is 13.0. The van der Waals surface area contributed by atoms with Crippen LogP contribution in [0.5, 0.6) is 0 Å². The third-order valence-electron chi connectivity index (χ3n) is 4.01. The van der Waals surface area contributed by atoms with Crippen molar-refractivity contribution in [3.63, 3.8) is 0 Å². The fourth-order valence-electron chi connectivity index (χ4n) is 2.73. The van der Waals surface area contributed by atoms with E-state index in [1.54, 1.807) is 6.33 Å². The predicted octanol–water partition coefficient (Wildman–Crippen LogP) is 3.81. The number of thiophene rings is 1. The summed E-state index contributed by atoms with van der Waals surface area (Å²) in [6.07, 6.45) is 6.41. The quantitative estimate of drug-likeness (QED) is 0.929. The Hall–Kier alpha value is -1.42. The van der Waals surface area contributed by atoms with E-state index in [0.29, 0.717) is 0 Å². The molecule has 0 fully saturated rings. The van der Waals surface area contributed by atoms with Crippen molar-refractivity contribution in [2.24, 2.45) is 0 Å². The molecule has 20 heavy (non-hydrogen) atoms. The molecule has 2 aromatic rings. The first-order valence-electron chi connectivity index (χ1n) is 7.27. The van der Waals surface area contributed by atoms with E-state index in [1.807, 2.05) is 11.3 Å². The smallest absolute Gasteiger partial charge is 0.132 e. The summed E-state index contributed by atoms with van der Waals surface area (Å²) in [5, 5.41) is 5.70. The molecule has 0 radical (unpaired) electrons. The van der Waals surface area contributed by atoms with E-state index in [9.17, 15) is 0 Å². The second-order valence-electron chi connectivity index (χ2n) is 6.07. The highest BCUT2D eigenvalue weighted by atomic mass is 32.1. The highest BCUT2D eigenvalue weighted by Crippen LogP contribution is 2.29. The fraction of sp³-hybridized carbons (Fsp3) is 0.500. The first kappa shape index (κ1) is 13.6. The van der Waals surface area contributed by atoms with Gasteiger partial charge in [0, 0.05) is 28.1 Å². The van der Waals surface area contributed by atoms with Crippen molar-refractivity contribution in [3.8, 4) is 0 Å². The summed E-state index contributed by atoms with van der Waals surface area (Å²) in [5.41, 5.74) is 2.70. The summed E-state index contributed by atoms with van der Waals surface area (Å²) in [6, 6.07) is 4.33. The van der Waals surface area contributed by atoms with Crippen molar-refractivity contribution >= 4 is 17.2 Å². The van der Waals surface area contributed by atoms with Crippen LogP contribution < -0.4 is 5.32 Å². The predicted molar refractivity (Wildman–Crippen MR) is 84.5 cm³/mol. The lowest BCUT2D eigenvalue weighted by Crippen LogP contribution is -2.27. The number of rotatable bonds is 4. The summed E-state index contributed by atoms with van der Waals surface area (Å²) >= 11 is 1.82. The molecule has 2 aromatic heterocycles. The number of hydrogen-bond donors (Lipinski definition) is 1. The number of aromatic nitrogens is 2. The molecular formula is C16H21N3S. The number of fused-ring (bicyclic) bond motifs is 1. The van der Waals surface area contributed by atoms with Crippen LogP contribution in [-0.2, 0) is 18.3 Å². The molecule has 0 spiro atoms. The molecule has 4 heteroatoms. The molecule has 0 aromatic carbocycles. The van der Waals surface area contributed by atoms with E-state index >= 15 is 0 Å². The Balaban J connectivity index is 1.76. The fourth-order valence-corrected chi connectivity index (χ4v) is 3.58. The van der Waals surface area contributed by atoms with Crippen LogP contribution in [0, 0.1) is 0 Å². The topological polar surface area (TPSA) is 37.8 Å². The molecule has 1 aliphatic carbocycles. The van der Waals surface area contributed by atoms with Gasteiger partial charge in [-0.15, -0.1) is 11.3 Å². The zero-order chi connectivity index (χ0) is 14.0. The van der Waals surface area contributed by atoms with Gasteiger partial charge < -0.3 is 5.32 Å². The summed E-state index contributed by atoms with van der Waals surface area (Å²) in [4.78, 5) is 10.3. The van der Waals surface area contributed by atoms with Crippen molar-refractivity contribution in [2.75, 3.05) is 11.9 Å². The largest absolute Gasteiger partial charge is 0.369 e. The lowest BCUT2D eigenvalue weighted by atomic mass is 9.91. The minimum Gasteiger partial charge on any atom is -0.369 e. The van der Waals surface area contributed by atoms with Crippen LogP contribution in [-0.4, -0.2) is 16.5 Å². The van der Waals surface area contributed by atoms with Gasteiger partial charge in [0.2, 0.25) is 0 Å². The Bertz CT molecular complexity index is 575. The molecule has 0 unspecified atom stereocenters. The van der Waals surface area contributed by atoms with Gasteiger partial charge in [-0.2, -0.15) is 0 Å². The molecule has 1 aliphatic rings. The second-order valence-corrected chi connectivity index (χ2v) is 7.02. The third kappa shape index (κ3) is 2.70. The molecule has 1 N–H and O–H groups in total. The van der Waals surface area contributed by atoms with Crippen molar-refractivity contribution in [1.29, 1.82) is 0 Å². The van der Waals surface area contributed by atoms with Gasteiger partial charge in [0.15, 0.2) is 0 Å². The number of anilines is 1. The average molecular weight is 287 g/mol. The summed E-state index contributed by atoms with van der Waals surface area (Å²) in [5.74, 6) is 1.04. The van der Waals surface area contributed by atoms with Gasteiger partial charge in [-0.1, -0.05) is 19.9 Å². The molecule has 3 rings (SSSR count). The highest BCUT2D eigenvalue weighted by Gasteiger charge is 2.23. The van der Waals surface area contributed by atoms with Crippen LogP contribution in [0.4, 0.5) is 5.82 Å². The van der Waals surface area contributed by atoms with E-state index < -0.39 is 0 Å². The molecule has 0 amide bonds. The standard InChI is InChI=1S/C16H21N3S/c1-16(2,14-8-5-9-20-14)10-17-15-12-6-3-4-7-13(12)18-11-19-15/h5,8-9,11H,3-4,6-7,10H2,1-2H3,(H,17,18,19). The molecule has 0 saturated heterocycles. The maximum absolute atomic E-state index is 4.46. The van der Waals surface area contributed by atoms with Crippen LogP contribution in [0.25, 0.3) is 0 Å². The molecule has 106 valence electrons. The van der Waals surface area contributed by atoms with Crippen LogP contribution in [0.3, 0.4) is 0 Å². The van der Waals surface area contributed by atoms with E-state index in [1.165, 1.54) is 29.0 Å². The van der Waals surface area contributed by atoms with Gasteiger partial charge in [-0.05, 0) is 37.1 Å². The number of nitrogens with zero attached hydrogens (tertiary/aromatic N) is 2. The molecule has 0 aliphatic heterocycles. The number of aryl methyl sites for hydroxylation is 1. The first-order chi connectivity index (χ1) is 9.67. The Morgan fingerprint density at radius 3 is 2.90 bits per heavy atom. The lowest BCUT2D eigenvalue weighted by Gasteiger charge is -2.25. The maximum Gasteiger partial charge on any atom is 0.132 e. The van der Waals surface area contributed by atoms with Crippen molar-refractivity contribution in [3.05, 3.63) is 40.0 Å². The summed E-state index contributed by atoms with van der Waals surface area (Å²) < 4.78 is 0. The van der Waals surface area contributed by atoms with E-state index in [4.69, 9.17) is 0 Å². The van der Waals surface area contributed by atoms with Gasteiger partial charge >= 0.3 is 0 Å². The van der Waals surface area contributed by atoms with Gasteiger partial charge in [-0.3, -0.25) is 0 Å². The summed E-state index contributed by atoms with van der Waals surface area (Å²) in [6.45, 7) is 5.45. The molecule has 0 atom stereocenters. The number of nitrogens with one attached hydrogen (secondary N) is 1. The average Bonchev–Trinajstić information content (AvgIpc) is 3.00. The van der Waals surface area contributed by atoms with Gasteiger partial charge in [-0.25, -0.2) is 9.97 Å². The van der Waals surface area contributed by atoms with Gasteiger partial charge in [0.25, 0.3) is 0 Å². The molecule has 0 saturated carbocycles. The lowest BCUT2D eigenvalue weighted by molar-refractivity contribution is 0.566. The van der Waals surface area contributed by atoms with Crippen LogP contribution in [0.1, 0.15) is 42.8 Å².